The predicted octanol–water partition coefficient (Wildman–Crippen LogP) is 4.15. The molecule has 0 unspecified atom stereocenters. The monoisotopic (exact) mass is 259 g/mol. The third-order valence-electron chi connectivity index (χ3n) is 2.53. The Hall–Kier alpha value is -0.770. The number of amides is 1. The summed E-state index contributed by atoms with van der Waals surface area (Å²) < 4.78 is 5.25. The second kappa shape index (κ2) is 9.20. The molecule has 0 saturated carbocycles. The highest BCUT2D eigenvalue weighted by atomic mass is 16.7. The van der Waals surface area contributed by atoms with Gasteiger partial charge in [0.05, 0.1) is 13.7 Å². The molecule has 0 rings (SSSR count). The normalized spacial score (nSPS) is 11.4. The molecule has 0 spiro atoms. The van der Waals surface area contributed by atoms with Gasteiger partial charge in [-0.2, -0.15) is 5.06 Å². The number of rotatable bonds is 8. The van der Waals surface area contributed by atoms with Crippen molar-refractivity contribution in [1.29, 1.82) is 0 Å². The molecule has 18 heavy (non-hydrogen) atoms. The molecule has 0 aromatic carbocycles. The Bertz CT molecular complexity index is 224. The summed E-state index contributed by atoms with van der Waals surface area (Å²) in [7, 11) is 1.50. The number of nitrogens with zero attached hydrogens (tertiary/aromatic N) is 1. The minimum atomic E-state index is -0.477. The average Bonchev–Trinajstić information content (AvgIpc) is 2.25. The van der Waals surface area contributed by atoms with Crippen molar-refractivity contribution in [1.82, 2.24) is 5.06 Å². The molecular weight excluding hydrogens is 230 g/mol. The molecule has 0 atom stereocenters. The molecular formula is C14H29NO3. The van der Waals surface area contributed by atoms with Crippen LogP contribution in [0.2, 0.25) is 0 Å². The zero-order valence-corrected chi connectivity index (χ0v) is 12.6. The maximum absolute atomic E-state index is 11.7. The average molecular weight is 259 g/mol. The summed E-state index contributed by atoms with van der Waals surface area (Å²) >= 11 is 0. The maximum Gasteiger partial charge on any atom is 0.434 e. The minimum absolute atomic E-state index is 0.404. The highest BCUT2D eigenvalue weighted by Crippen LogP contribution is 2.11. The van der Waals surface area contributed by atoms with Crippen molar-refractivity contribution in [2.24, 2.45) is 0 Å². The molecule has 4 heteroatoms. The van der Waals surface area contributed by atoms with Crippen molar-refractivity contribution >= 4 is 6.09 Å². The Balaban J connectivity index is 3.79. The lowest BCUT2D eigenvalue weighted by molar-refractivity contribution is -0.124. The second-order valence-electron chi connectivity index (χ2n) is 5.53. The largest absolute Gasteiger partial charge is 0.442 e. The van der Waals surface area contributed by atoms with Gasteiger partial charge in [-0.25, -0.2) is 4.79 Å². The third-order valence-corrected chi connectivity index (χ3v) is 2.53. The van der Waals surface area contributed by atoms with Crippen LogP contribution in [0.4, 0.5) is 4.79 Å². The van der Waals surface area contributed by atoms with E-state index in [0.29, 0.717) is 6.54 Å². The Kier molecular flexibility index (Phi) is 8.81. The summed E-state index contributed by atoms with van der Waals surface area (Å²) in [6.45, 7) is 8.35. The van der Waals surface area contributed by atoms with Gasteiger partial charge in [-0.15, -0.1) is 0 Å². The van der Waals surface area contributed by atoms with E-state index < -0.39 is 11.7 Å². The first-order valence-electron chi connectivity index (χ1n) is 6.95. The minimum Gasteiger partial charge on any atom is -0.442 e. The maximum atomic E-state index is 11.7. The van der Waals surface area contributed by atoms with E-state index >= 15 is 0 Å². The first-order chi connectivity index (χ1) is 8.40. The summed E-state index contributed by atoms with van der Waals surface area (Å²) in [5.41, 5.74) is -0.477. The van der Waals surface area contributed by atoms with Crippen LogP contribution in [0.15, 0.2) is 0 Å². The van der Waals surface area contributed by atoms with E-state index in [0.717, 1.165) is 12.8 Å². The topological polar surface area (TPSA) is 38.8 Å². The molecule has 0 heterocycles. The van der Waals surface area contributed by atoms with Gasteiger partial charge in [0.2, 0.25) is 0 Å². The van der Waals surface area contributed by atoms with Gasteiger partial charge >= 0.3 is 6.09 Å². The first-order valence-corrected chi connectivity index (χ1v) is 6.95. The second-order valence-corrected chi connectivity index (χ2v) is 5.53. The lowest BCUT2D eigenvalue weighted by Gasteiger charge is -2.25. The van der Waals surface area contributed by atoms with E-state index in [1.165, 1.54) is 37.9 Å². The van der Waals surface area contributed by atoms with E-state index in [4.69, 9.17) is 9.57 Å². The number of hydrogen-bond acceptors (Lipinski definition) is 3. The molecule has 0 N–H and O–H groups in total. The van der Waals surface area contributed by atoms with Crippen LogP contribution >= 0.6 is 0 Å². The van der Waals surface area contributed by atoms with Gasteiger partial charge in [-0.05, 0) is 27.2 Å². The fraction of sp³-hybridized carbons (Fsp3) is 0.929. The molecule has 0 bridgehead atoms. The number of hydrogen-bond donors (Lipinski definition) is 0. The smallest absolute Gasteiger partial charge is 0.434 e. The Morgan fingerprint density at radius 3 is 2.11 bits per heavy atom. The molecule has 1 amide bonds. The van der Waals surface area contributed by atoms with E-state index in [-0.39, 0.29) is 0 Å². The van der Waals surface area contributed by atoms with E-state index in [2.05, 4.69) is 6.92 Å². The molecule has 0 aliphatic heterocycles. The standard InChI is InChI=1S/C14H29NO3/c1-6-7-8-9-10-11-12-15(17-5)13(16)18-14(2,3)4/h6-12H2,1-5H3. The lowest BCUT2D eigenvalue weighted by Crippen LogP contribution is -2.36. The van der Waals surface area contributed by atoms with Crippen molar-refractivity contribution in [3.05, 3.63) is 0 Å². The van der Waals surface area contributed by atoms with Crippen LogP contribution in [0.25, 0.3) is 0 Å². The van der Waals surface area contributed by atoms with Crippen LogP contribution in [-0.4, -0.2) is 30.4 Å². The summed E-state index contributed by atoms with van der Waals surface area (Å²) in [6.07, 6.45) is 6.72. The van der Waals surface area contributed by atoms with Crippen LogP contribution in [-0.2, 0) is 9.57 Å². The van der Waals surface area contributed by atoms with Crippen LogP contribution in [0.3, 0.4) is 0 Å². The van der Waals surface area contributed by atoms with Gasteiger partial charge < -0.3 is 4.74 Å². The van der Waals surface area contributed by atoms with Crippen molar-refractivity contribution in [2.45, 2.75) is 71.8 Å². The summed E-state index contributed by atoms with van der Waals surface area (Å²) in [5.74, 6) is 0. The van der Waals surface area contributed by atoms with Crippen molar-refractivity contribution in [3.8, 4) is 0 Å². The lowest BCUT2D eigenvalue weighted by atomic mass is 10.1. The van der Waals surface area contributed by atoms with Crippen LogP contribution in [0.1, 0.15) is 66.2 Å². The predicted molar refractivity (Wildman–Crippen MR) is 73.3 cm³/mol. The number of carbonyl (C=O) groups is 1. The molecule has 0 aliphatic carbocycles. The van der Waals surface area contributed by atoms with E-state index in [9.17, 15) is 4.79 Å². The summed E-state index contributed by atoms with van der Waals surface area (Å²) in [5, 5.41) is 1.30. The van der Waals surface area contributed by atoms with Crippen molar-refractivity contribution in [2.75, 3.05) is 13.7 Å². The summed E-state index contributed by atoms with van der Waals surface area (Å²) in [4.78, 5) is 16.8. The molecule has 0 saturated heterocycles. The number of unbranched alkanes of at least 4 members (excludes halogenated alkanes) is 5. The summed E-state index contributed by atoms with van der Waals surface area (Å²) in [6, 6.07) is 0. The van der Waals surface area contributed by atoms with Gasteiger partial charge in [0.1, 0.15) is 5.60 Å². The van der Waals surface area contributed by atoms with Gasteiger partial charge in [0, 0.05) is 0 Å². The fourth-order valence-electron chi connectivity index (χ4n) is 1.61. The zero-order valence-electron chi connectivity index (χ0n) is 12.6. The molecule has 4 nitrogen and oxygen atoms in total. The Morgan fingerprint density at radius 2 is 1.61 bits per heavy atom. The molecule has 0 radical (unpaired) electrons. The Morgan fingerprint density at radius 1 is 1.06 bits per heavy atom. The number of carbonyl (C=O) groups excluding carboxylic acids is 1. The van der Waals surface area contributed by atoms with E-state index in [1.54, 1.807) is 0 Å². The highest BCUT2D eigenvalue weighted by molar-refractivity contribution is 5.66. The fourth-order valence-corrected chi connectivity index (χ4v) is 1.61. The number of hydroxylamine groups is 2. The molecule has 108 valence electrons. The molecule has 0 aromatic heterocycles. The van der Waals surface area contributed by atoms with Gasteiger partial charge in [0.15, 0.2) is 0 Å². The van der Waals surface area contributed by atoms with Crippen LogP contribution in [0, 0.1) is 0 Å². The number of ether oxygens (including phenoxy) is 1. The van der Waals surface area contributed by atoms with Gasteiger partial charge in [-0.3, -0.25) is 4.84 Å². The van der Waals surface area contributed by atoms with Gasteiger partial charge in [0.25, 0.3) is 0 Å². The van der Waals surface area contributed by atoms with Gasteiger partial charge in [-0.1, -0.05) is 39.0 Å². The van der Waals surface area contributed by atoms with E-state index in [1.807, 2.05) is 20.8 Å². The Labute approximate surface area is 112 Å². The van der Waals surface area contributed by atoms with Crippen LogP contribution in [0.5, 0.6) is 0 Å². The SMILES string of the molecule is CCCCCCCCN(OC)C(=O)OC(C)(C)C. The van der Waals surface area contributed by atoms with Crippen molar-refractivity contribution in [3.63, 3.8) is 0 Å². The molecule has 0 aliphatic rings. The third kappa shape index (κ3) is 9.28. The zero-order chi connectivity index (χ0) is 14.0. The first kappa shape index (κ1) is 17.2. The molecule has 0 fully saturated rings. The molecule has 0 aromatic rings. The van der Waals surface area contributed by atoms with Crippen molar-refractivity contribution < 1.29 is 14.4 Å². The quantitative estimate of drug-likeness (QED) is 0.485. The van der Waals surface area contributed by atoms with Crippen LogP contribution < -0.4 is 0 Å². The highest BCUT2D eigenvalue weighted by Gasteiger charge is 2.21.